The molecule has 23 heavy (non-hydrogen) atoms. The van der Waals surface area contributed by atoms with Gasteiger partial charge in [0.05, 0.1) is 19.4 Å². The maximum absolute atomic E-state index is 11.7. The van der Waals surface area contributed by atoms with Crippen molar-refractivity contribution in [2.45, 2.75) is 26.3 Å². The molecule has 1 aromatic heterocycles. The predicted molar refractivity (Wildman–Crippen MR) is 89.0 cm³/mol. The summed E-state index contributed by atoms with van der Waals surface area (Å²) in [7, 11) is 0. The normalized spacial score (nSPS) is 10.1. The summed E-state index contributed by atoms with van der Waals surface area (Å²) in [6, 6.07) is 10.8. The highest BCUT2D eigenvalue weighted by Crippen LogP contribution is 2.13. The molecule has 0 atom stereocenters. The Morgan fingerprint density at radius 1 is 1.04 bits per heavy atom. The summed E-state index contributed by atoms with van der Waals surface area (Å²) in [5, 5.41) is 8.59. The Bertz CT molecular complexity index is 621. The number of nitrogens with one attached hydrogen (secondary N) is 3. The molecule has 0 saturated carbocycles. The van der Waals surface area contributed by atoms with E-state index >= 15 is 0 Å². The highest BCUT2D eigenvalue weighted by Gasteiger charge is 2.04. The minimum absolute atomic E-state index is 0.00510. The van der Waals surface area contributed by atoms with Crippen LogP contribution in [0.3, 0.4) is 0 Å². The molecule has 0 aliphatic rings. The van der Waals surface area contributed by atoms with Crippen molar-refractivity contribution in [2.75, 3.05) is 17.2 Å². The fourth-order valence-electron chi connectivity index (χ4n) is 1.97. The molecule has 0 aliphatic heterocycles. The zero-order valence-electron chi connectivity index (χ0n) is 13.1. The molecule has 3 N–H and O–H groups in total. The molecular formula is C17H21N3O3. The molecule has 6 nitrogen and oxygen atoms in total. The van der Waals surface area contributed by atoms with E-state index in [0.717, 1.165) is 17.8 Å². The molecule has 2 rings (SSSR count). The first kappa shape index (κ1) is 16.6. The van der Waals surface area contributed by atoms with E-state index in [1.165, 1.54) is 0 Å². The van der Waals surface area contributed by atoms with Crippen molar-refractivity contribution in [3.8, 4) is 0 Å². The summed E-state index contributed by atoms with van der Waals surface area (Å²) in [6.07, 6.45) is 2.90. The van der Waals surface area contributed by atoms with Crippen molar-refractivity contribution >= 4 is 23.2 Å². The molecule has 0 radical (unpaired) electrons. The highest BCUT2D eigenvalue weighted by molar-refractivity contribution is 5.90. The Kier molecular flexibility index (Phi) is 6.23. The van der Waals surface area contributed by atoms with E-state index in [9.17, 15) is 9.59 Å². The van der Waals surface area contributed by atoms with Crippen LogP contribution in [0.15, 0.2) is 47.1 Å². The lowest BCUT2D eigenvalue weighted by Crippen LogP contribution is -2.29. The smallest absolute Gasteiger partial charge is 0.239 e. The SMILES string of the molecule is CCCC(=O)Nc1ccc(NCC(=O)NCc2ccco2)cc1. The van der Waals surface area contributed by atoms with Crippen LogP contribution in [-0.2, 0) is 16.1 Å². The average molecular weight is 315 g/mol. The first-order valence-corrected chi connectivity index (χ1v) is 7.60. The second-order valence-electron chi connectivity index (χ2n) is 5.09. The number of carbonyl (C=O) groups is 2. The first-order chi connectivity index (χ1) is 11.2. The molecule has 1 aromatic carbocycles. The van der Waals surface area contributed by atoms with E-state index in [4.69, 9.17) is 4.42 Å². The summed E-state index contributed by atoms with van der Waals surface area (Å²) in [5.74, 6) is 0.595. The van der Waals surface area contributed by atoms with E-state index < -0.39 is 0 Å². The Morgan fingerprint density at radius 2 is 1.78 bits per heavy atom. The van der Waals surface area contributed by atoms with E-state index in [-0.39, 0.29) is 18.4 Å². The lowest BCUT2D eigenvalue weighted by molar-refractivity contribution is -0.119. The van der Waals surface area contributed by atoms with Crippen LogP contribution in [0.4, 0.5) is 11.4 Å². The first-order valence-electron chi connectivity index (χ1n) is 7.60. The number of hydrogen-bond donors (Lipinski definition) is 3. The predicted octanol–water partition coefficient (Wildman–Crippen LogP) is 2.75. The summed E-state index contributed by atoms with van der Waals surface area (Å²) < 4.78 is 5.14. The number of rotatable bonds is 8. The number of benzene rings is 1. The number of carbonyl (C=O) groups excluding carboxylic acids is 2. The van der Waals surface area contributed by atoms with Gasteiger partial charge in [0.15, 0.2) is 0 Å². The van der Waals surface area contributed by atoms with Crippen molar-refractivity contribution in [2.24, 2.45) is 0 Å². The lowest BCUT2D eigenvalue weighted by Gasteiger charge is -2.08. The minimum atomic E-state index is -0.123. The zero-order valence-corrected chi connectivity index (χ0v) is 13.1. The lowest BCUT2D eigenvalue weighted by atomic mass is 10.2. The molecule has 0 bridgehead atoms. The second kappa shape index (κ2) is 8.63. The van der Waals surface area contributed by atoms with Crippen molar-refractivity contribution < 1.29 is 14.0 Å². The Hall–Kier alpha value is -2.76. The van der Waals surface area contributed by atoms with Crippen molar-refractivity contribution in [3.63, 3.8) is 0 Å². The molecule has 122 valence electrons. The minimum Gasteiger partial charge on any atom is -0.467 e. The monoisotopic (exact) mass is 315 g/mol. The fourth-order valence-corrected chi connectivity index (χ4v) is 1.97. The largest absolute Gasteiger partial charge is 0.467 e. The number of hydrogen-bond acceptors (Lipinski definition) is 4. The molecule has 2 aromatic rings. The van der Waals surface area contributed by atoms with Gasteiger partial charge in [0.2, 0.25) is 11.8 Å². The van der Waals surface area contributed by atoms with Crippen molar-refractivity contribution in [1.29, 1.82) is 0 Å². The van der Waals surface area contributed by atoms with E-state index in [1.54, 1.807) is 30.5 Å². The number of furan rings is 1. The molecule has 1 heterocycles. The van der Waals surface area contributed by atoms with Crippen LogP contribution in [0.5, 0.6) is 0 Å². The second-order valence-corrected chi connectivity index (χ2v) is 5.09. The Balaban J connectivity index is 1.72. The molecule has 0 spiro atoms. The topological polar surface area (TPSA) is 83.4 Å². The third-order valence-electron chi connectivity index (χ3n) is 3.14. The fraction of sp³-hybridized carbons (Fsp3) is 0.294. The third kappa shape index (κ3) is 5.86. The van der Waals surface area contributed by atoms with Crippen LogP contribution < -0.4 is 16.0 Å². The summed E-state index contributed by atoms with van der Waals surface area (Å²) in [5.41, 5.74) is 1.56. The summed E-state index contributed by atoms with van der Waals surface area (Å²) in [4.78, 5) is 23.2. The molecule has 6 heteroatoms. The van der Waals surface area contributed by atoms with Crippen LogP contribution in [0.1, 0.15) is 25.5 Å². The third-order valence-corrected chi connectivity index (χ3v) is 3.14. The molecule has 0 saturated heterocycles. The standard InChI is InChI=1S/C17H21N3O3/c1-2-4-16(21)20-14-8-6-13(7-9-14)18-12-17(22)19-11-15-5-3-10-23-15/h3,5-10,18H,2,4,11-12H2,1H3,(H,19,22)(H,20,21). The van der Waals surface area contributed by atoms with E-state index in [1.807, 2.05) is 19.1 Å². The van der Waals surface area contributed by atoms with Crippen LogP contribution in [0, 0.1) is 0 Å². The number of anilines is 2. The van der Waals surface area contributed by atoms with Gasteiger partial charge in [-0.25, -0.2) is 0 Å². The van der Waals surface area contributed by atoms with Crippen molar-refractivity contribution in [1.82, 2.24) is 5.32 Å². The van der Waals surface area contributed by atoms with Gasteiger partial charge in [0, 0.05) is 17.8 Å². The molecule has 0 unspecified atom stereocenters. The van der Waals surface area contributed by atoms with Gasteiger partial charge in [0.1, 0.15) is 5.76 Å². The molecular weight excluding hydrogens is 294 g/mol. The zero-order chi connectivity index (χ0) is 16.5. The van der Waals surface area contributed by atoms with Gasteiger partial charge in [-0.05, 0) is 42.8 Å². The number of amides is 2. The van der Waals surface area contributed by atoms with Crippen LogP contribution >= 0.6 is 0 Å². The quantitative estimate of drug-likeness (QED) is 0.699. The van der Waals surface area contributed by atoms with E-state index in [2.05, 4.69) is 16.0 Å². The Labute approximate surface area is 135 Å². The maximum atomic E-state index is 11.7. The van der Waals surface area contributed by atoms with Crippen LogP contribution in [0.2, 0.25) is 0 Å². The summed E-state index contributed by atoms with van der Waals surface area (Å²) >= 11 is 0. The molecule has 0 aliphatic carbocycles. The molecule has 0 fully saturated rings. The van der Waals surface area contributed by atoms with E-state index in [0.29, 0.717) is 18.7 Å². The molecule has 2 amide bonds. The van der Waals surface area contributed by atoms with Crippen LogP contribution in [0.25, 0.3) is 0 Å². The van der Waals surface area contributed by atoms with Crippen molar-refractivity contribution in [3.05, 3.63) is 48.4 Å². The maximum Gasteiger partial charge on any atom is 0.239 e. The van der Waals surface area contributed by atoms with Gasteiger partial charge in [-0.2, -0.15) is 0 Å². The highest BCUT2D eigenvalue weighted by atomic mass is 16.3. The van der Waals surface area contributed by atoms with Gasteiger partial charge >= 0.3 is 0 Å². The van der Waals surface area contributed by atoms with Gasteiger partial charge in [-0.1, -0.05) is 6.92 Å². The van der Waals surface area contributed by atoms with Gasteiger partial charge in [-0.15, -0.1) is 0 Å². The van der Waals surface area contributed by atoms with Gasteiger partial charge < -0.3 is 20.4 Å². The van der Waals surface area contributed by atoms with Gasteiger partial charge in [0.25, 0.3) is 0 Å². The Morgan fingerprint density at radius 3 is 2.43 bits per heavy atom. The van der Waals surface area contributed by atoms with Gasteiger partial charge in [-0.3, -0.25) is 9.59 Å². The summed E-state index contributed by atoms with van der Waals surface area (Å²) in [6.45, 7) is 2.50. The average Bonchev–Trinajstić information content (AvgIpc) is 3.06. The van der Waals surface area contributed by atoms with Crippen LogP contribution in [-0.4, -0.2) is 18.4 Å².